The molecule has 3 heterocycles. The Morgan fingerprint density at radius 3 is 3.10 bits per heavy atom. The molecule has 1 aromatic heterocycles. The van der Waals surface area contributed by atoms with Crippen LogP contribution in [0.5, 0.6) is 0 Å². The zero-order valence-electron chi connectivity index (χ0n) is 12.5. The van der Waals surface area contributed by atoms with Gasteiger partial charge in [-0.05, 0) is 19.4 Å². The molecular weight excluding hydrogens is 268 g/mol. The molecule has 21 heavy (non-hydrogen) atoms. The highest BCUT2D eigenvalue weighted by atomic mass is 16.5. The molecule has 1 amide bonds. The van der Waals surface area contributed by atoms with E-state index in [2.05, 4.69) is 19.8 Å². The molecule has 0 aliphatic carbocycles. The minimum absolute atomic E-state index is 0.0864. The van der Waals surface area contributed by atoms with Crippen LogP contribution in [0.15, 0.2) is 12.4 Å². The number of amides is 1. The van der Waals surface area contributed by atoms with Crippen LogP contribution in [0.4, 0.5) is 0 Å². The first-order valence-corrected chi connectivity index (χ1v) is 7.91. The smallest absolute Gasteiger partial charge is 0.223 e. The van der Waals surface area contributed by atoms with E-state index >= 15 is 0 Å². The third-order valence-electron chi connectivity index (χ3n) is 4.37. The van der Waals surface area contributed by atoms with Crippen molar-refractivity contribution in [1.82, 2.24) is 19.8 Å². The predicted molar refractivity (Wildman–Crippen MR) is 78.9 cm³/mol. The van der Waals surface area contributed by atoms with Crippen LogP contribution >= 0.6 is 0 Å². The molecule has 116 valence electrons. The maximum atomic E-state index is 12.2. The molecule has 1 saturated heterocycles. The number of aryl methyl sites for hydroxylation is 1. The summed E-state index contributed by atoms with van der Waals surface area (Å²) in [6, 6.07) is 0. The number of rotatable bonds is 5. The molecule has 0 bridgehead atoms. The molecule has 0 saturated carbocycles. The highest BCUT2D eigenvalue weighted by molar-refractivity contribution is 5.78. The lowest BCUT2D eigenvalue weighted by Crippen LogP contribution is -2.39. The largest absolute Gasteiger partial charge is 0.379 e. The first-order chi connectivity index (χ1) is 10.3. The Kier molecular flexibility index (Phi) is 4.87. The first kappa shape index (κ1) is 14.5. The van der Waals surface area contributed by atoms with Gasteiger partial charge in [0.1, 0.15) is 5.82 Å². The van der Waals surface area contributed by atoms with E-state index in [4.69, 9.17) is 4.74 Å². The molecule has 2 aliphatic heterocycles. The Balaban J connectivity index is 1.35. The van der Waals surface area contributed by atoms with Crippen molar-refractivity contribution in [2.45, 2.75) is 25.8 Å². The lowest BCUT2D eigenvalue weighted by Gasteiger charge is -2.26. The van der Waals surface area contributed by atoms with Crippen LogP contribution < -0.4 is 5.32 Å². The van der Waals surface area contributed by atoms with Crippen LogP contribution in [0.2, 0.25) is 0 Å². The molecule has 0 spiro atoms. The summed E-state index contributed by atoms with van der Waals surface area (Å²) in [6.45, 7) is 6.40. The van der Waals surface area contributed by atoms with E-state index in [1.807, 2.05) is 12.4 Å². The average Bonchev–Trinajstić information content (AvgIpc) is 3.00. The van der Waals surface area contributed by atoms with Crippen LogP contribution in [-0.4, -0.2) is 59.8 Å². The van der Waals surface area contributed by atoms with Gasteiger partial charge in [-0.25, -0.2) is 4.98 Å². The minimum Gasteiger partial charge on any atom is -0.379 e. The maximum absolute atomic E-state index is 12.2. The molecule has 1 aromatic rings. The predicted octanol–water partition coefficient (Wildman–Crippen LogP) is 0.284. The van der Waals surface area contributed by atoms with Gasteiger partial charge in [0.2, 0.25) is 5.91 Å². The summed E-state index contributed by atoms with van der Waals surface area (Å²) in [5, 5.41) is 3.08. The van der Waals surface area contributed by atoms with E-state index in [1.54, 1.807) is 0 Å². The summed E-state index contributed by atoms with van der Waals surface area (Å²) in [5.41, 5.74) is 0. The van der Waals surface area contributed by atoms with Crippen LogP contribution in [-0.2, 0) is 22.5 Å². The number of nitrogens with one attached hydrogen (secondary N) is 1. The second-order valence-electron chi connectivity index (χ2n) is 5.83. The number of fused-ring (bicyclic) bond motifs is 1. The van der Waals surface area contributed by atoms with Gasteiger partial charge in [-0.15, -0.1) is 0 Å². The van der Waals surface area contributed by atoms with Crippen LogP contribution in [0.25, 0.3) is 0 Å². The summed E-state index contributed by atoms with van der Waals surface area (Å²) < 4.78 is 7.47. The van der Waals surface area contributed by atoms with Gasteiger partial charge in [0.25, 0.3) is 0 Å². The summed E-state index contributed by atoms with van der Waals surface area (Å²) in [4.78, 5) is 18.9. The fourth-order valence-corrected chi connectivity index (χ4v) is 3.06. The average molecular weight is 292 g/mol. The van der Waals surface area contributed by atoms with Crippen LogP contribution in [0, 0.1) is 5.92 Å². The fourth-order valence-electron chi connectivity index (χ4n) is 3.06. The number of nitrogens with zero attached hydrogens (tertiary/aromatic N) is 3. The maximum Gasteiger partial charge on any atom is 0.223 e. The fraction of sp³-hybridized carbons (Fsp3) is 0.733. The van der Waals surface area contributed by atoms with E-state index in [0.717, 1.165) is 71.0 Å². The Bertz CT molecular complexity index is 468. The van der Waals surface area contributed by atoms with Gasteiger partial charge < -0.3 is 14.6 Å². The number of carbonyl (C=O) groups is 1. The highest BCUT2D eigenvalue weighted by Gasteiger charge is 2.24. The Labute approximate surface area is 125 Å². The van der Waals surface area contributed by atoms with E-state index in [-0.39, 0.29) is 11.8 Å². The number of imidazole rings is 1. The second kappa shape index (κ2) is 7.04. The van der Waals surface area contributed by atoms with Gasteiger partial charge in [-0.1, -0.05) is 0 Å². The van der Waals surface area contributed by atoms with Crippen molar-refractivity contribution in [1.29, 1.82) is 0 Å². The Morgan fingerprint density at radius 1 is 1.38 bits per heavy atom. The van der Waals surface area contributed by atoms with Crippen molar-refractivity contribution in [3.05, 3.63) is 18.2 Å². The standard InChI is InChI=1S/C15H24N4O2/c20-15(13-2-6-19-7-4-16-14(19)12-13)17-3-1-5-18-8-10-21-11-9-18/h4,7,13H,1-3,5-6,8-12H2,(H,17,20). The van der Waals surface area contributed by atoms with Crippen molar-refractivity contribution in [2.24, 2.45) is 5.92 Å². The molecule has 1 fully saturated rings. The van der Waals surface area contributed by atoms with Crippen molar-refractivity contribution in [3.63, 3.8) is 0 Å². The Morgan fingerprint density at radius 2 is 2.24 bits per heavy atom. The number of morpholine rings is 1. The lowest BCUT2D eigenvalue weighted by molar-refractivity contribution is -0.125. The topological polar surface area (TPSA) is 59.4 Å². The summed E-state index contributed by atoms with van der Waals surface area (Å²) in [6.07, 6.45) is 6.50. The van der Waals surface area contributed by atoms with Crippen molar-refractivity contribution in [2.75, 3.05) is 39.4 Å². The molecule has 3 rings (SSSR count). The number of hydrogen-bond donors (Lipinski definition) is 1. The Hall–Kier alpha value is -1.40. The molecular formula is C15H24N4O2. The number of aromatic nitrogens is 2. The summed E-state index contributed by atoms with van der Waals surface area (Å²) in [7, 11) is 0. The molecule has 1 unspecified atom stereocenters. The zero-order chi connectivity index (χ0) is 14.5. The lowest BCUT2D eigenvalue weighted by atomic mass is 9.97. The van der Waals surface area contributed by atoms with Crippen LogP contribution in [0.3, 0.4) is 0 Å². The molecule has 0 radical (unpaired) electrons. The van der Waals surface area contributed by atoms with Crippen molar-refractivity contribution < 1.29 is 9.53 Å². The number of ether oxygens (including phenoxy) is 1. The van der Waals surface area contributed by atoms with Gasteiger partial charge in [0.05, 0.1) is 13.2 Å². The van der Waals surface area contributed by atoms with Gasteiger partial charge in [-0.2, -0.15) is 0 Å². The third kappa shape index (κ3) is 3.83. The van der Waals surface area contributed by atoms with E-state index in [0.29, 0.717) is 0 Å². The molecule has 6 nitrogen and oxygen atoms in total. The molecule has 0 aromatic carbocycles. The summed E-state index contributed by atoms with van der Waals surface area (Å²) in [5.74, 6) is 1.31. The van der Waals surface area contributed by atoms with Gasteiger partial charge >= 0.3 is 0 Å². The normalized spacial score (nSPS) is 22.8. The minimum atomic E-state index is 0.0864. The molecule has 1 N–H and O–H groups in total. The van der Waals surface area contributed by atoms with Gasteiger partial charge in [0, 0.05) is 50.9 Å². The van der Waals surface area contributed by atoms with E-state index < -0.39 is 0 Å². The van der Waals surface area contributed by atoms with E-state index in [9.17, 15) is 4.79 Å². The highest BCUT2D eigenvalue weighted by Crippen LogP contribution is 2.19. The van der Waals surface area contributed by atoms with Crippen LogP contribution in [0.1, 0.15) is 18.7 Å². The van der Waals surface area contributed by atoms with Crippen molar-refractivity contribution in [3.8, 4) is 0 Å². The first-order valence-electron chi connectivity index (χ1n) is 7.91. The third-order valence-corrected chi connectivity index (χ3v) is 4.37. The SMILES string of the molecule is O=C(NCCCN1CCOCC1)C1CCn2ccnc2C1. The molecule has 2 aliphatic rings. The summed E-state index contributed by atoms with van der Waals surface area (Å²) >= 11 is 0. The molecule has 6 heteroatoms. The molecule has 1 atom stereocenters. The number of hydrogen-bond acceptors (Lipinski definition) is 4. The van der Waals surface area contributed by atoms with Crippen molar-refractivity contribution >= 4 is 5.91 Å². The second-order valence-corrected chi connectivity index (χ2v) is 5.83. The zero-order valence-corrected chi connectivity index (χ0v) is 12.5. The van der Waals surface area contributed by atoms with Gasteiger partial charge in [-0.3, -0.25) is 9.69 Å². The quantitative estimate of drug-likeness (QED) is 0.792. The van der Waals surface area contributed by atoms with E-state index in [1.165, 1.54) is 0 Å². The monoisotopic (exact) mass is 292 g/mol. The van der Waals surface area contributed by atoms with Gasteiger partial charge in [0.15, 0.2) is 0 Å². The number of carbonyl (C=O) groups excluding carboxylic acids is 1.